The molecule has 0 fully saturated rings. The first-order valence-electron chi connectivity index (χ1n) is 7.00. The van der Waals surface area contributed by atoms with Crippen LogP contribution in [0.4, 0.5) is 0 Å². The van der Waals surface area contributed by atoms with Crippen LogP contribution in [0.1, 0.15) is 26.3 Å². The minimum Gasteiger partial charge on any atom is -0.382 e. The monoisotopic (exact) mass is 361 g/mol. The van der Waals surface area contributed by atoms with Gasteiger partial charge in [0, 0.05) is 20.7 Å². The van der Waals surface area contributed by atoms with Gasteiger partial charge in [0.2, 0.25) is 5.91 Å². The number of nitrogens with one attached hydrogen (secondary N) is 1. The Morgan fingerprint density at radius 1 is 1.22 bits per heavy atom. The Morgan fingerprint density at radius 2 is 2.13 bits per heavy atom. The highest BCUT2D eigenvalue weighted by atomic mass is 32.1. The van der Waals surface area contributed by atoms with E-state index in [1.807, 2.05) is 46.5 Å². The molecular formula is C17H15NO2S3. The molecule has 3 nitrogen and oxygen atoms in total. The van der Waals surface area contributed by atoms with E-state index in [2.05, 4.69) is 5.32 Å². The maximum atomic E-state index is 11.8. The van der Waals surface area contributed by atoms with Crippen LogP contribution in [-0.2, 0) is 11.3 Å². The normalized spacial score (nSPS) is 12.6. The molecule has 0 aliphatic carbocycles. The summed E-state index contributed by atoms with van der Waals surface area (Å²) >= 11 is 4.66. The Bertz CT molecular complexity index is 773. The van der Waals surface area contributed by atoms with Crippen LogP contribution in [0, 0.1) is 0 Å². The van der Waals surface area contributed by atoms with E-state index in [1.165, 1.54) is 28.7 Å². The molecule has 1 amide bonds. The van der Waals surface area contributed by atoms with Crippen LogP contribution in [0.5, 0.6) is 0 Å². The Balaban J connectivity index is 1.54. The van der Waals surface area contributed by atoms with E-state index in [0.29, 0.717) is 6.54 Å². The number of thiophene rings is 3. The number of carbonyl (C=O) groups is 1. The zero-order valence-corrected chi connectivity index (χ0v) is 14.6. The molecule has 6 heteroatoms. The smallest absolute Gasteiger partial charge is 0.244 e. The van der Waals surface area contributed by atoms with Crippen LogP contribution in [-0.4, -0.2) is 11.0 Å². The molecule has 0 radical (unpaired) electrons. The van der Waals surface area contributed by atoms with Crippen LogP contribution < -0.4 is 5.32 Å². The van der Waals surface area contributed by atoms with E-state index in [0.717, 1.165) is 20.2 Å². The molecule has 3 rings (SSSR count). The van der Waals surface area contributed by atoms with Crippen LogP contribution in [0.25, 0.3) is 6.08 Å². The molecule has 0 spiro atoms. The van der Waals surface area contributed by atoms with Gasteiger partial charge in [-0.15, -0.1) is 22.7 Å². The lowest BCUT2D eigenvalue weighted by Gasteiger charge is -2.04. The van der Waals surface area contributed by atoms with Gasteiger partial charge < -0.3 is 10.4 Å². The van der Waals surface area contributed by atoms with Crippen LogP contribution in [0.2, 0.25) is 0 Å². The fourth-order valence-electron chi connectivity index (χ4n) is 2.00. The summed E-state index contributed by atoms with van der Waals surface area (Å²) < 4.78 is 0. The molecule has 0 saturated carbocycles. The van der Waals surface area contributed by atoms with Gasteiger partial charge in [-0.1, -0.05) is 6.07 Å². The summed E-state index contributed by atoms with van der Waals surface area (Å²) in [6.07, 6.45) is 2.76. The van der Waals surface area contributed by atoms with Gasteiger partial charge in [-0.3, -0.25) is 4.79 Å². The highest BCUT2D eigenvalue weighted by Crippen LogP contribution is 2.30. The Hall–Kier alpha value is -1.73. The number of aliphatic hydroxyl groups is 1. The lowest BCUT2D eigenvalue weighted by Crippen LogP contribution is -2.19. The SMILES string of the molecule is O=C(/C=C/c1ccsc1)NCc1ccc([C@H](O)c2cccs2)s1. The quantitative estimate of drug-likeness (QED) is 0.644. The van der Waals surface area contributed by atoms with Crippen molar-refractivity contribution in [2.75, 3.05) is 0 Å². The lowest BCUT2D eigenvalue weighted by molar-refractivity contribution is -0.116. The Morgan fingerprint density at radius 3 is 2.87 bits per heavy atom. The average molecular weight is 362 g/mol. The minimum absolute atomic E-state index is 0.120. The summed E-state index contributed by atoms with van der Waals surface area (Å²) in [5, 5.41) is 19.1. The first kappa shape index (κ1) is 16.1. The van der Waals surface area contributed by atoms with Crippen molar-refractivity contribution in [3.05, 3.63) is 72.7 Å². The molecule has 3 aromatic rings. The van der Waals surface area contributed by atoms with Crippen molar-refractivity contribution in [2.45, 2.75) is 12.6 Å². The largest absolute Gasteiger partial charge is 0.382 e. The fraction of sp³-hybridized carbons (Fsp3) is 0.118. The van der Waals surface area contributed by atoms with Crippen molar-refractivity contribution in [1.82, 2.24) is 5.32 Å². The van der Waals surface area contributed by atoms with E-state index >= 15 is 0 Å². The second-order valence-corrected chi connectivity index (χ2v) is 7.79. The zero-order chi connectivity index (χ0) is 16.1. The predicted molar refractivity (Wildman–Crippen MR) is 97.9 cm³/mol. The molecule has 3 aromatic heterocycles. The second kappa shape index (κ2) is 7.70. The van der Waals surface area contributed by atoms with Crippen molar-refractivity contribution in [1.29, 1.82) is 0 Å². The summed E-state index contributed by atoms with van der Waals surface area (Å²) in [7, 11) is 0. The molecule has 23 heavy (non-hydrogen) atoms. The van der Waals surface area contributed by atoms with Crippen molar-refractivity contribution >= 4 is 46.0 Å². The fourth-order valence-corrected chi connectivity index (χ4v) is 4.39. The molecule has 0 bridgehead atoms. The molecular weight excluding hydrogens is 346 g/mol. The third-order valence-corrected chi connectivity index (χ3v) is 5.94. The van der Waals surface area contributed by atoms with Gasteiger partial charge in [-0.2, -0.15) is 11.3 Å². The third kappa shape index (κ3) is 4.39. The number of amides is 1. The molecule has 0 aromatic carbocycles. The van der Waals surface area contributed by atoms with E-state index in [4.69, 9.17) is 0 Å². The van der Waals surface area contributed by atoms with E-state index < -0.39 is 6.10 Å². The predicted octanol–water partition coefficient (Wildman–Crippen LogP) is 4.28. The maximum absolute atomic E-state index is 11.8. The standard InChI is InChI=1S/C17H15NO2S3/c19-16(6-3-12-7-9-21-11-12)18-10-13-4-5-15(23-13)17(20)14-2-1-8-22-14/h1-9,11,17,20H,10H2,(H,18,19)/b6-3+/t17-/m1/s1. The number of hydrogen-bond donors (Lipinski definition) is 2. The van der Waals surface area contributed by atoms with Gasteiger partial charge in [0.15, 0.2) is 0 Å². The lowest BCUT2D eigenvalue weighted by atomic mass is 10.2. The molecule has 3 heterocycles. The van der Waals surface area contributed by atoms with Gasteiger partial charge in [0.1, 0.15) is 6.10 Å². The first-order valence-corrected chi connectivity index (χ1v) is 9.64. The molecule has 0 unspecified atom stereocenters. The molecule has 0 saturated heterocycles. The van der Waals surface area contributed by atoms with Crippen LogP contribution >= 0.6 is 34.0 Å². The topological polar surface area (TPSA) is 49.3 Å². The maximum Gasteiger partial charge on any atom is 0.244 e. The van der Waals surface area contributed by atoms with Crippen molar-refractivity contribution in [3.8, 4) is 0 Å². The van der Waals surface area contributed by atoms with Crippen LogP contribution in [0.3, 0.4) is 0 Å². The third-order valence-electron chi connectivity index (χ3n) is 3.17. The van der Waals surface area contributed by atoms with E-state index in [1.54, 1.807) is 17.4 Å². The summed E-state index contributed by atoms with van der Waals surface area (Å²) in [6, 6.07) is 9.67. The average Bonchev–Trinajstić information content (AvgIpc) is 3.33. The first-order chi connectivity index (χ1) is 11.2. The number of aliphatic hydroxyl groups excluding tert-OH is 1. The summed E-state index contributed by atoms with van der Waals surface area (Å²) in [6.45, 7) is 0.467. The number of carbonyl (C=O) groups excluding carboxylic acids is 1. The number of rotatable bonds is 6. The Labute approximate surface area is 146 Å². The van der Waals surface area contributed by atoms with Crippen molar-refractivity contribution in [3.63, 3.8) is 0 Å². The molecule has 0 aliphatic heterocycles. The van der Waals surface area contributed by atoms with Gasteiger partial charge in [0.25, 0.3) is 0 Å². The molecule has 2 N–H and O–H groups in total. The van der Waals surface area contributed by atoms with E-state index in [-0.39, 0.29) is 5.91 Å². The molecule has 118 valence electrons. The van der Waals surface area contributed by atoms with Gasteiger partial charge >= 0.3 is 0 Å². The van der Waals surface area contributed by atoms with Gasteiger partial charge in [-0.05, 0) is 52.0 Å². The van der Waals surface area contributed by atoms with Gasteiger partial charge in [0.05, 0.1) is 6.54 Å². The van der Waals surface area contributed by atoms with Gasteiger partial charge in [-0.25, -0.2) is 0 Å². The number of hydrogen-bond acceptors (Lipinski definition) is 5. The van der Waals surface area contributed by atoms with E-state index in [9.17, 15) is 9.90 Å². The van der Waals surface area contributed by atoms with Crippen molar-refractivity contribution < 1.29 is 9.90 Å². The molecule has 0 aliphatic rings. The molecule has 1 atom stereocenters. The summed E-state index contributed by atoms with van der Waals surface area (Å²) in [5.74, 6) is -0.120. The highest BCUT2D eigenvalue weighted by molar-refractivity contribution is 7.13. The summed E-state index contributed by atoms with van der Waals surface area (Å²) in [4.78, 5) is 14.6. The second-order valence-electron chi connectivity index (χ2n) is 4.83. The summed E-state index contributed by atoms with van der Waals surface area (Å²) in [5.41, 5.74) is 1.03. The van der Waals surface area contributed by atoms with Crippen molar-refractivity contribution in [2.24, 2.45) is 0 Å². The Kier molecular flexibility index (Phi) is 5.40. The minimum atomic E-state index is -0.581. The highest BCUT2D eigenvalue weighted by Gasteiger charge is 2.13. The zero-order valence-electron chi connectivity index (χ0n) is 12.1. The van der Waals surface area contributed by atoms with Crippen LogP contribution in [0.15, 0.2) is 52.5 Å².